The van der Waals surface area contributed by atoms with Gasteiger partial charge in [-0.05, 0) is 59.5 Å². The van der Waals surface area contributed by atoms with E-state index in [1.807, 2.05) is 32.3 Å². The highest BCUT2D eigenvalue weighted by Crippen LogP contribution is 2.29. The molecule has 0 radical (unpaired) electrons. The lowest BCUT2D eigenvalue weighted by atomic mass is 9.88. The molecule has 0 spiro atoms. The Bertz CT molecular complexity index is 935. The van der Waals surface area contributed by atoms with E-state index in [0.29, 0.717) is 11.6 Å². The Morgan fingerprint density at radius 2 is 2.07 bits per heavy atom. The zero-order chi connectivity index (χ0) is 18.8. The molecule has 0 bridgehead atoms. The lowest BCUT2D eigenvalue weighted by Gasteiger charge is -2.37. The minimum Gasteiger partial charge on any atom is -0.489 e. The molecule has 2 atom stereocenters. The normalized spacial score (nSPS) is 19.3. The third-order valence-corrected chi connectivity index (χ3v) is 5.41. The number of pyridine rings is 1. The Labute approximate surface area is 159 Å². The first kappa shape index (κ1) is 17.9. The number of halogens is 1. The summed E-state index contributed by atoms with van der Waals surface area (Å²) in [4.78, 5) is 4.19. The molecule has 0 amide bonds. The summed E-state index contributed by atoms with van der Waals surface area (Å²) in [6, 6.07) is 13.8. The minimum absolute atomic E-state index is 0.132. The summed E-state index contributed by atoms with van der Waals surface area (Å²) in [5.41, 5.74) is 1.98. The van der Waals surface area contributed by atoms with Gasteiger partial charge in [0, 0.05) is 30.4 Å². The van der Waals surface area contributed by atoms with Crippen molar-refractivity contribution < 1.29 is 9.13 Å². The summed E-state index contributed by atoms with van der Waals surface area (Å²) < 4.78 is 20.0. The molecule has 0 saturated heterocycles. The second kappa shape index (κ2) is 7.65. The highest BCUT2D eigenvalue weighted by molar-refractivity contribution is 5.84. The number of aromatic nitrogens is 1. The predicted octanol–water partition coefficient (Wildman–Crippen LogP) is 5.20. The van der Waals surface area contributed by atoms with Crippen molar-refractivity contribution in [2.45, 2.75) is 51.3 Å². The molecule has 1 aromatic heterocycles. The van der Waals surface area contributed by atoms with E-state index in [1.54, 1.807) is 6.07 Å². The van der Waals surface area contributed by atoms with Gasteiger partial charge in [-0.3, -0.25) is 4.98 Å². The quantitative estimate of drug-likeness (QED) is 0.653. The van der Waals surface area contributed by atoms with Crippen molar-refractivity contribution >= 4 is 10.8 Å². The van der Waals surface area contributed by atoms with Gasteiger partial charge in [-0.15, -0.1) is 0 Å². The Morgan fingerprint density at radius 1 is 1.19 bits per heavy atom. The number of hydrogen-bond donors (Lipinski definition) is 1. The molecule has 1 saturated carbocycles. The van der Waals surface area contributed by atoms with Crippen molar-refractivity contribution in [2.24, 2.45) is 0 Å². The van der Waals surface area contributed by atoms with E-state index >= 15 is 0 Å². The smallest absolute Gasteiger partial charge is 0.126 e. The highest BCUT2D eigenvalue weighted by Gasteiger charge is 2.32. The maximum Gasteiger partial charge on any atom is 0.126 e. The van der Waals surface area contributed by atoms with Crippen LogP contribution in [0.1, 0.15) is 43.7 Å². The van der Waals surface area contributed by atoms with Crippen LogP contribution in [0.5, 0.6) is 5.75 Å². The van der Waals surface area contributed by atoms with Gasteiger partial charge in [0.1, 0.15) is 17.7 Å². The number of benzene rings is 2. The third kappa shape index (κ3) is 3.81. The standard InChI is InChI=1S/C23H25FN2O/c1-15(2)20-12-18(6-7-21(20)24)27-23-9-8-22(23)26-14-17-5-3-4-16-13-25-11-10-19(16)17/h3-7,10-13,15,22-23,26H,8-9,14H2,1-2H3/t22-,23-/m1/s1. The molecule has 3 nitrogen and oxygen atoms in total. The Hall–Kier alpha value is -2.46. The second-order valence-corrected chi connectivity index (χ2v) is 7.57. The fourth-order valence-electron chi connectivity index (χ4n) is 3.64. The van der Waals surface area contributed by atoms with E-state index in [4.69, 9.17) is 4.74 Å². The van der Waals surface area contributed by atoms with Crippen LogP contribution in [-0.2, 0) is 6.54 Å². The molecular weight excluding hydrogens is 339 g/mol. The van der Waals surface area contributed by atoms with Gasteiger partial charge in [-0.1, -0.05) is 32.0 Å². The molecule has 1 aliphatic rings. The lowest BCUT2D eigenvalue weighted by molar-refractivity contribution is 0.0717. The average molecular weight is 364 g/mol. The molecule has 3 aromatic rings. The first-order chi connectivity index (χ1) is 13.1. The van der Waals surface area contributed by atoms with E-state index in [0.717, 1.165) is 30.5 Å². The van der Waals surface area contributed by atoms with E-state index in [1.165, 1.54) is 17.0 Å². The molecule has 27 heavy (non-hydrogen) atoms. The zero-order valence-electron chi connectivity index (χ0n) is 15.8. The van der Waals surface area contributed by atoms with Gasteiger partial charge in [-0.2, -0.15) is 0 Å². The van der Waals surface area contributed by atoms with Gasteiger partial charge >= 0.3 is 0 Å². The average Bonchev–Trinajstić information content (AvgIpc) is 2.66. The third-order valence-electron chi connectivity index (χ3n) is 5.41. The van der Waals surface area contributed by atoms with Crippen LogP contribution in [0.3, 0.4) is 0 Å². The Balaban J connectivity index is 1.41. The van der Waals surface area contributed by atoms with Crippen LogP contribution < -0.4 is 10.1 Å². The van der Waals surface area contributed by atoms with Crippen LogP contribution in [0.2, 0.25) is 0 Å². The van der Waals surface area contributed by atoms with E-state index < -0.39 is 0 Å². The van der Waals surface area contributed by atoms with E-state index in [2.05, 4.69) is 34.6 Å². The van der Waals surface area contributed by atoms with Crippen LogP contribution in [0.25, 0.3) is 10.8 Å². The molecule has 1 aliphatic carbocycles. The molecule has 1 N–H and O–H groups in total. The van der Waals surface area contributed by atoms with Gasteiger partial charge in [0.2, 0.25) is 0 Å². The van der Waals surface area contributed by atoms with Gasteiger partial charge in [0.05, 0.1) is 0 Å². The number of nitrogens with one attached hydrogen (secondary N) is 1. The van der Waals surface area contributed by atoms with Gasteiger partial charge in [0.25, 0.3) is 0 Å². The zero-order valence-corrected chi connectivity index (χ0v) is 15.8. The number of fused-ring (bicyclic) bond motifs is 1. The molecule has 4 heteroatoms. The monoisotopic (exact) mass is 364 g/mol. The molecular formula is C23H25FN2O. The molecule has 0 unspecified atom stereocenters. The summed E-state index contributed by atoms with van der Waals surface area (Å²) in [5.74, 6) is 0.739. The van der Waals surface area contributed by atoms with Gasteiger partial charge < -0.3 is 10.1 Å². The minimum atomic E-state index is -0.161. The number of ether oxygens (including phenoxy) is 1. The summed E-state index contributed by atoms with van der Waals surface area (Å²) in [5, 5.41) is 6.02. The lowest BCUT2D eigenvalue weighted by Crippen LogP contribution is -2.50. The molecule has 4 rings (SSSR count). The van der Waals surface area contributed by atoms with Crippen LogP contribution in [-0.4, -0.2) is 17.1 Å². The summed E-state index contributed by atoms with van der Waals surface area (Å²) in [7, 11) is 0. The first-order valence-corrected chi connectivity index (χ1v) is 9.63. The van der Waals surface area contributed by atoms with Crippen molar-refractivity contribution in [1.29, 1.82) is 0 Å². The SMILES string of the molecule is CC(C)c1cc(O[C@@H]2CC[C@H]2NCc2cccc3cnccc23)ccc1F. The molecule has 2 aromatic carbocycles. The van der Waals surface area contributed by atoms with Crippen molar-refractivity contribution in [1.82, 2.24) is 10.3 Å². The topological polar surface area (TPSA) is 34.1 Å². The van der Waals surface area contributed by atoms with Crippen molar-refractivity contribution in [3.63, 3.8) is 0 Å². The number of rotatable bonds is 6. The predicted molar refractivity (Wildman–Crippen MR) is 107 cm³/mol. The maximum atomic E-state index is 13.9. The summed E-state index contributed by atoms with van der Waals surface area (Å²) in [6.45, 7) is 4.79. The molecule has 1 heterocycles. The van der Waals surface area contributed by atoms with Crippen LogP contribution in [0.15, 0.2) is 54.9 Å². The van der Waals surface area contributed by atoms with Crippen LogP contribution in [0.4, 0.5) is 4.39 Å². The fraction of sp³-hybridized carbons (Fsp3) is 0.348. The second-order valence-electron chi connectivity index (χ2n) is 7.57. The first-order valence-electron chi connectivity index (χ1n) is 9.63. The molecule has 0 aliphatic heterocycles. The Morgan fingerprint density at radius 3 is 2.85 bits per heavy atom. The fourth-order valence-corrected chi connectivity index (χ4v) is 3.64. The van der Waals surface area contributed by atoms with Gasteiger partial charge in [-0.25, -0.2) is 4.39 Å². The van der Waals surface area contributed by atoms with Crippen LogP contribution >= 0.6 is 0 Å². The van der Waals surface area contributed by atoms with E-state index in [9.17, 15) is 4.39 Å². The van der Waals surface area contributed by atoms with E-state index in [-0.39, 0.29) is 17.8 Å². The summed E-state index contributed by atoms with van der Waals surface area (Å²) >= 11 is 0. The molecule has 140 valence electrons. The molecule has 1 fully saturated rings. The maximum absolute atomic E-state index is 13.9. The van der Waals surface area contributed by atoms with Crippen LogP contribution in [0, 0.1) is 5.82 Å². The van der Waals surface area contributed by atoms with Crippen molar-refractivity contribution in [3.05, 3.63) is 71.8 Å². The van der Waals surface area contributed by atoms with Gasteiger partial charge in [0.15, 0.2) is 0 Å². The summed E-state index contributed by atoms with van der Waals surface area (Å²) in [6.07, 6.45) is 5.98. The highest BCUT2D eigenvalue weighted by atomic mass is 19.1. The van der Waals surface area contributed by atoms with Crippen molar-refractivity contribution in [2.75, 3.05) is 0 Å². The number of nitrogens with zero attached hydrogens (tertiary/aromatic N) is 1. The number of hydrogen-bond acceptors (Lipinski definition) is 3. The Kier molecular flexibility index (Phi) is 5.08. The largest absolute Gasteiger partial charge is 0.489 e. The van der Waals surface area contributed by atoms with Crippen molar-refractivity contribution in [3.8, 4) is 5.75 Å².